The van der Waals surface area contributed by atoms with Gasteiger partial charge in [0.2, 0.25) is 0 Å². The smallest absolute Gasteiger partial charge is 0.345 e. The first kappa shape index (κ1) is 9.78. The molecular formula is C6H12F2O2. The summed E-state index contributed by atoms with van der Waals surface area (Å²) in [5.41, 5.74) is 0. The van der Waals surface area contributed by atoms with Gasteiger partial charge in [-0.1, -0.05) is 0 Å². The molecule has 0 N–H and O–H groups in total. The molecule has 0 spiro atoms. The summed E-state index contributed by atoms with van der Waals surface area (Å²) >= 11 is 0. The Hall–Kier alpha value is -0.220. The molecular weight excluding hydrogens is 142 g/mol. The molecule has 4 heteroatoms. The molecule has 0 aliphatic rings. The summed E-state index contributed by atoms with van der Waals surface area (Å²) < 4.78 is 31.6. The van der Waals surface area contributed by atoms with Crippen molar-refractivity contribution < 1.29 is 18.3 Å². The van der Waals surface area contributed by atoms with Gasteiger partial charge >= 0.3 is 6.61 Å². The van der Waals surface area contributed by atoms with Crippen molar-refractivity contribution in [2.75, 3.05) is 13.2 Å². The van der Waals surface area contributed by atoms with Crippen LogP contribution in [0.25, 0.3) is 0 Å². The van der Waals surface area contributed by atoms with Crippen LogP contribution in [0.2, 0.25) is 0 Å². The second-order valence-electron chi connectivity index (χ2n) is 1.86. The first-order valence-corrected chi connectivity index (χ1v) is 3.18. The maximum Gasteiger partial charge on any atom is 0.345 e. The molecule has 0 heterocycles. The van der Waals surface area contributed by atoms with Crippen molar-refractivity contribution in [2.45, 2.75) is 26.6 Å². The highest BCUT2D eigenvalue weighted by Gasteiger charge is 2.05. The maximum atomic E-state index is 11.4. The van der Waals surface area contributed by atoms with Crippen molar-refractivity contribution in [3.8, 4) is 0 Å². The van der Waals surface area contributed by atoms with E-state index in [0.717, 1.165) is 0 Å². The lowest BCUT2D eigenvalue weighted by Gasteiger charge is -2.10. The van der Waals surface area contributed by atoms with Gasteiger partial charge in [-0.25, -0.2) is 0 Å². The minimum Gasteiger partial charge on any atom is -0.376 e. The van der Waals surface area contributed by atoms with Crippen molar-refractivity contribution in [3.63, 3.8) is 0 Å². The van der Waals surface area contributed by atoms with Crippen LogP contribution >= 0.6 is 0 Å². The van der Waals surface area contributed by atoms with Gasteiger partial charge in [0, 0.05) is 6.61 Å². The summed E-state index contributed by atoms with van der Waals surface area (Å²) in [6.07, 6.45) is -0.251. The summed E-state index contributed by atoms with van der Waals surface area (Å²) in [6, 6.07) is 0. The van der Waals surface area contributed by atoms with E-state index in [1.54, 1.807) is 13.8 Å². The third kappa shape index (κ3) is 5.91. The van der Waals surface area contributed by atoms with Gasteiger partial charge in [-0.05, 0) is 13.8 Å². The number of ether oxygens (including phenoxy) is 2. The van der Waals surface area contributed by atoms with E-state index in [4.69, 9.17) is 4.74 Å². The first-order chi connectivity index (χ1) is 4.66. The molecule has 0 amide bonds. The average Bonchev–Trinajstić information content (AvgIpc) is 1.85. The Balaban J connectivity index is 3.12. The fraction of sp³-hybridized carbons (Fsp3) is 1.00. The zero-order valence-electron chi connectivity index (χ0n) is 6.14. The van der Waals surface area contributed by atoms with Gasteiger partial charge in [-0.15, -0.1) is 0 Å². The van der Waals surface area contributed by atoms with Crippen LogP contribution in [0.5, 0.6) is 0 Å². The fourth-order valence-electron chi connectivity index (χ4n) is 0.541. The average molecular weight is 154 g/mol. The fourth-order valence-corrected chi connectivity index (χ4v) is 0.541. The molecule has 0 aliphatic carbocycles. The van der Waals surface area contributed by atoms with Crippen LogP contribution in [-0.4, -0.2) is 25.9 Å². The van der Waals surface area contributed by atoms with Crippen molar-refractivity contribution in [2.24, 2.45) is 0 Å². The van der Waals surface area contributed by atoms with Gasteiger partial charge in [-0.2, -0.15) is 8.78 Å². The number of alkyl halides is 2. The van der Waals surface area contributed by atoms with Crippen molar-refractivity contribution in [3.05, 3.63) is 0 Å². The van der Waals surface area contributed by atoms with E-state index in [-0.39, 0.29) is 12.7 Å². The molecule has 0 saturated heterocycles. The largest absolute Gasteiger partial charge is 0.376 e. The molecule has 0 fully saturated rings. The van der Waals surface area contributed by atoms with E-state index in [9.17, 15) is 8.78 Å². The zero-order chi connectivity index (χ0) is 7.98. The Morgan fingerprint density at radius 1 is 1.30 bits per heavy atom. The third-order valence-corrected chi connectivity index (χ3v) is 0.908. The second kappa shape index (κ2) is 5.56. The Kier molecular flexibility index (Phi) is 5.43. The van der Waals surface area contributed by atoms with Crippen LogP contribution in [0.3, 0.4) is 0 Å². The van der Waals surface area contributed by atoms with Gasteiger partial charge in [0.15, 0.2) is 0 Å². The third-order valence-electron chi connectivity index (χ3n) is 0.908. The molecule has 0 rings (SSSR count). The monoisotopic (exact) mass is 154 g/mol. The Labute approximate surface area is 59.1 Å². The minimum absolute atomic E-state index is 0.0501. The second-order valence-corrected chi connectivity index (χ2v) is 1.86. The zero-order valence-corrected chi connectivity index (χ0v) is 6.14. The summed E-state index contributed by atoms with van der Waals surface area (Å²) in [7, 11) is 0. The van der Waals surface area contributed by atoms with Crippen molar-refractivity contribution in [1.29, 1.82) is 0 Å². The van der Waals surface area contributed by atoms with Crippen LogP contribution in [0.4, 0.5) is 8.78 Å². The molecule has 1 atom stereocenters. The predicted molar refractivity (Wildman–Crippen MR) is 33.0 cm³/mol. The van der Waals surface area contributed by atoms with E-state index in [1.807, 2.05) is 0 Å². The van der Waals surface area contributed by atoms with E-state index in [2.05, 4.69) is 4.74 Å². The molecule has 2 nitrogen and oxygen atoms in total. The highest BCUT2D eigenvalue weighted by Crippen LogP contribution is 1.98. The predicted octanol–water partition coefficient (Wildman–Crippen LogP) is 1.65. The summed E-state index contributed by atoms with van der Waals surface area (Å²) in [5.74, 6) is 0. The van der Waals surface area contributed by atoms with Crippen LogP contribution in [-0.2, 0) is 9.47 Å². The van der Waals surface area contributed by atoms with Crippen LogP contribution in [0.15, 0.2) is 0 Å². The van der Waals surface area contributed by atoms with E-state index in [0.29, 0.717) is 6.61 Å². The normalized spacial score (nSPS) is 14.1. The van der Waals surface area contributed by atoms with Crippen LogP contribution in [0, 0.1) is 0 Å². The summed E-state index contributed by atoms with van der Waals surface area (Å²) in [6.45, 7) is 1.27. The highest BCUT2D eigenvalue weighted by molar-refractivity contribution is 4.44. The molecule has 0 unspecified atom stereocenters. The summed E-state index contributed by atoms with van der Waals surface area (Å²) in [5, 5.41) is 0. The Morgan fingerprint density at radius 3 is 2.30 bits per heavy atom. The molecule has 10 heavy (non-hydrogen) atoms. The number of rotatable bonds is 5. The molecule has 0 aromatic heterocycles. The number of hydrogen-bond acceptors (Lipinski definition) is 2. The molecule has 0 aromatic rings. The number of hydrogen-bond donors (Lipinski definition) is 0. The Morgan fingerprint density at radius 2 is 1.90 bits per heavy atom. The quantitative estimate of drug-likeness (QED) is 0.599. The van der Waals surface area contributed by atoms with Gasteiger partial charge in [0.1, 0.15) is 0 Å². The summed E-state index contributed by atoms with van der Waals surface area (Å²) in [4.78, 5) is 0. The lowest BCUT2D eigenvalue weighted by atomic mass is 10.4. The molecule has 0 bridgehead atoms. The minimum atomic E-state index is -2.69. The van der Waals surface area contributed by atoms with Gasteiger partial charge in [0.05, 0.1) is 12.7 Å². The first-order valence-electron chi connectivity index (χ1n) is 3.18. The standard InChI is InChI=1S/C6H12F2O2/c1-3-9-5(2)4-10-6(7)8/h5-6H,3-4H2,1-2H3/t5-/m0/s1. The SMILES string of the molecule is CCO[C@@H](C)COC(F)F. The molecule has 62 valence electrons. The molecule has 0 radical (unpaired) electrons. The Bertz CT molecular complexity index is 78.1. The van der Waals surface area contributed by atoms with E-state index < -0.39 is 6.61 Å². The highest BCUT2D eigenvalue weighted by atomic mass is 19.3. The lowest BCUT2D eigenvalue weighted by molar-refractivity contribution is -0.151. The molecule has 0 saturated carbocycles. The van der Waals surface area contributed by atoms with Crippen LogP contribution in [0.1, 0.15) is 13.8 Å². The van der Waals surface area contributed by atoms with E-state index >= 15 is 0 Å². The molecule has 0 aromatic carbocycles. The van der Waals surface area contributed by atoms with Gasteiger partial charge < -0.3 is 9.47 Å². The number of halogens is 2. The van der Waals surface area contributed by atoms with Gasteiger partial charge in [0.25, 0.3) is 0 Å². The van der Waals surface area contributed by atoms with Crippen LogP contribution < -0.4 is 0 Å². The molecule has 0 aliphatic heterocycles. The van der Waals surface area contributed by atoms with Gasteiger partial charge in [-0.3, -0.25) is 0 Å². The lowest BCUT2D eigenvalue weighted by Crippen LogP contribution is -2.17. The van der Waals surface area contributed by atoms with Crippen molar-refractivity contribution in [1.82, 2.24) is 0 Å². The maximum absolute atomic E-state index is 11.4. The van der Waals surface area contributed by atoms with E-state index in [1.165, 1.54) is 0 Å². The van der Waals surface area contributed by atoms with Crippen molar-refractivity contribution >= 4 is 0 Å². The topological polar surface area (TPSA) is 18.5 Å².